The molecule has 368 valence electrons. The Morgan fingerprint density at radius 3 is 1.66 bits per heavy atom. The number of rotatable bonds is 33. The van der Waals surface area contributed by atoms with E-state index in [0.717, 1.165) is 18.5 Å². The van der Waals surface area contributed by atoms with Gasteiger partial charge in [-0.2, -0.15) is 23.5 Å². The van der Waals surface area contributed by atoms with Crippen LogP contribution in [0.15, 0.2) is 24.3 Å². The van der Waals surface area contributed by atoms with E-state index in [1.807, 2.05) is 45.4 Å². The minimum absolute atomic E-state index is 0.0525. The Morgan fingerprint density at radius 1 is 0.615 bits per heavy atom. The first kappa shape index (κ1) is 58.6. The maximum atomic E-state index is 13.6. The van der Waals surface area contributed by atoms with Crippen molar-refractivity contribution in [1.82, 2.24) is 42.1 Å². The molecule has 0 aromatic heterocycles. The first-order valence-electron chi connectivity index (χ1n) is 22.4. The van der Waals surface area contributed by atoms with Crippen LogP contribution in [0.25, 0.3) is 0 Å². The Hall–Kier alpha value is -4.40. The van der Waals surface area contributed by atoms with Crippen LogP contribution in [0.5, 0.6) is 0 Å². The van der Waals surface area contributed by atoms with Crippen molar-refractivity contribution in [2.45, 2.75) is 135 Å². The first-order chi connectivity index (χ1) is 30.7. The number of carbonyl (C=O) groups excluding carboxylic acids is 7. The molecule has 0 bridgehead atoms. The van der Waals surface area contributed by atoms with Crippen LogP contribution in [0, 0.1) is 11.8 Å². The standard InChI is InChI=1S/C45H77N9O9S2/c1-28(2)38(52-40(57)33(46)20-24-64-8)43(60)50-34(14-11-13-23-54(6)7)41(58)48-27-32-18-16-31(17-19-32)26-37(56)49-35(21-25-65-9)42(59)53-39(29(3)4)44(61)51-36(45(62)63)15-10-12-22-47-30(5)55/h16-19,28-29,33-36,38-39H,10-15,20-27,46H2,1-9H3,(H,47,55)(H,48,58)(H,49,56)(H,50,60)(H,51,61)(H,52,57)(H,53,59)(H,62,63)/t33-,34-,35-,36-,38-,39-/m0/s1. The molecule has 0 aliphatic rings. The molecule has 0 aliphatic carbocycles. The molecule has 0 spiro atoms. The molecule has 20 heteroatoms. The van der Waals surface area contributed by atoms with Crippen molar-refractivity contribution in [2.24, 2.45) is 17.6 Å². The molecule has 6 atom stereocenters. The number of aliphatic carboxylic acids is 1. The maximum Gasteiger partial charge on any atom is 0.326 e. The van der Waals surface area contributed by atoms with E-state index < -0.39 is 77.7 Å². The summed E-state index contributed by atoms with van der Waals surface area (Å²) in [5, 5.41) is 29.0. The predicted octanol–water partition coefficient (Wildman–Crippen LogP) is 1.54. The number of hydrogen-bond acceptors (Lipinski definition) is 12. The third-order valence-corrected chi connectivity index (χ3v) is 11.8. The highest BCUT2D eigenvalue weighted by atomic mass is 32.2. The molecule has 7 amide bonds. The second-order valence-electron chi connectivity index (χ2n) is 17.2. The monoisotopic (exact) mass is 952 g/mol. The van der Waals surface area contributed by atoms with E-state index in [2.05, 4.69) is 37.2 Å². The fourth-order valence-electron chi connectivity index (χ4n) is 6.55. The highest BCUT2D eigenvalue weighted by Crippen LogP contribution is 2.12. The van der Waals surface area contributed by atoms with E-state index >= 15 is 0 Å². The second kappa shape index (κ2) is 32.3. The lowest BCUT2D eigenvalue weighted by molar-refractivity contribution is -0.143. The summed E-state index contributed by atoms with van der Waals surface area (Å²) in [6.07, 6.45) is 7.48. The molecule has 0 unspecified atom stereocenters. The van der Waals surface area contributed by atoms with E-state index in [0.29, 0.717) is 55.7 Å². The van der Waals surface area contributed by atoms with E-state index in [1.165, 1.54) is 18.7 Å². The second-order valence-corrected chi connectivity index (χ2v) is 19.2. The van der Waals surface area contributed by atoms with Gasteiger partial charge in [-0.1, -0.05) is 52.0 Å². The Morgan fingerprint density at radius 2 is 1.12 bits per heavy atom. The zero-order valence-corrected chi connectivity index (χ0v) is 41.5. The smallest absolute Gasteiger partial charge is 0.326 e. The molecule has 1 aromatic carbocycles. The van der Waals surface area contributed by atoms with Gasteiger partial charge in [-0.05, 0) is 119 Å². The quantitative estimate of drug-likeness (QED) is 0.0454. The van der Waals surface area contributed by atoms with Crippen LogP contribution in [0.2, 0.25) is 0 Å². The van der Waals surface area contributed by atoms with Gasteiger partial charge in [-0.3, -0.25) is 33.6 Å². The summed E-state index contributed by atoms with van der Waals surface area (Å²) >= 11 is 3.06. The molecule has 1 rings (SSSR count). The van der Waals surface area contributed by atoms with Gasteiger partial charge in [0, 0.05) is 20.0 Å². The molecule has 0 radical (unpaired) electrons. The number of nitrogens with two attached hydrogens (primary N) is 1. The highest BCUT2D eigenvalue weighted by Gasteiger charge is 2.32. The van der Waals surface area contributed by atoms with Crippen LogP contribution < -0.4 is 43.0 Å². The van der Waals surface area contributed by atoms with Gasteiger partial charge in [-0.25, -0.2) is 4.79 Å². The average Bonchev–Trinajstić information content (AvgIpc) is 3.24. The lowest BCUT2D eigenvalue weighted by Crippen LogP contribution is -2.57. The minimum atomic E-state index is -1.21. The summed E-state index contributed by atoms with van der Waals surface area (Å²) < 4.78 is 0. The number of carbonyl (C=O) groups is 8. The van der Waals surface area contributed by atoms with E-state index in [4.69, 9.17) is 5.73 Å². The summed E-state index contributed by atoms with van der Waals surface area (Å²) in [4.78, 5) is 105. The van der Waals surface area contributed by atoms with Gasteiger partial charge in [-0.15, -0.1) is 0 Å². The lowest BCUT2D eigenvalue weighted by atomic mass is 10.0. The largest absolute Gasteiger partial charge is 0.480 e. The minimum Gasteiger partial charge on any atom is -0.480 e. The number of benzene rings is 1. The lowest BCUT2D eigenvalue weighted by Gasteiger charge is -2.26. The SMILES string of the molecule is CSCC[C@H](NC(=O)Cc1ccc(CNC(=O)[C@H](CCCCN(C)C)NC(=O)[C@@H](NC(=O)[C@@H](N)CCSC)C(C)C)cc1)C(=O)N[C@H](C(=O)N[C@@H](CCCCNC(C)=O)C(=O)O)C(C)C. The van der Waals surface area contributed by atoms with Crippen LogP contribution in [0.3, 0.4) is 0 Å². The summed E-state index contributed by atoms with van der Waals surface area (Å²) in [6.45, 7) is 9.81. The zero-order valence-electron chi connectivity index (χ0n) is 39.9. The summed E-state index contributed by atoms with van der Waals surface area (Å²) in [7, 11) is 3.93. The van der Waals surface area contributed by atoms with Crippen LogP contribution in [-0.4, -0.2) is 145 Å². The molecule has 65 heavy (non-hydrogen) atoms. The summed E-state index contributed by atoms with van der Waals surface area (Å²) in [5.41, 5.74) is 7.46. The molecule has 0 fully saturated rings. The number of unbranched alkanes of at least 4 members (excludes halogenated alkanes) is 2. The summed E-state index contributed by atoms with van der Waals surface area (Å²) in [6, 6.07) is 1.33. The first-order valence-corrected chi connectivity index (χ1v) is 25.2. The zero-order chi connectivity index (χ0) is 49.1. The van der Waals surface area contributed by atoms with Gasteiger partial charge in [0.25, 0.3) is 0 Å². The van der Waals surface area contributed by atoms with Crippen molar-refractivity contribution in [1.29, 1.82) is 0 Å². The Labute approximate surface area is 394 Å². The number of carboxylic acids is 1. The summed E-state index contributed by atoms with van der Waals surface area (Å²) in [5.74, 6) is -3.73. The topological polar surface area (TPSA) is 270 Å². The van der Waals surface area contributed by atoms with Crippen molar-refractivity contribution < 1.29 is 43.5 Å². The number of carboxylic acid groups (broad SMARTS) is 1. The Bertz CT molecular complexity index is 1670. The molecular formula is C45H77N9O9S2. The van der Waals surface area contributed by atoms with Crippen LogP contribution in [0.4, 0.5) is 0 Å². The fraction of sp³-hybridized carbons (Fsp3) is 0.689. The molecular weight excluding hydrogens is 875 g/mol. The Kier molecular flexibility index (Phi) is 29.1. The van der Waals surface area contributed by atoms with Crippen molar-refractivity contribution in [3.8, 4) is 0 Å². The van der Waals surface area contributed by atoms with Crippen LogP contribution >= 0.6 is 23.5 Å². The number of nitrogens with one attached hydrogen (secondary N) is 7. The van der Waals surface area contributed by atoms with Crippen LogP contribution in [0.1, 0.15) is 97.1 Å². The van der Waals surface area contributed by atoms with E-state index in [-0.39, 0.29) is 43.5 Å². The molecule has 0 saturated carbocycles. The predicted molar refractivity (Wildman–Crippen MR) is 258 cm³/mol. The third-order valence-electron chi connectivity index (χ3n) is 10.5. The van der Waals surface area contributed by atoms with E-state index in [1.54, 1.807) is 49.9 Å². The van der Waals surface area contributed by atoms with Gasteiger partial charge >= 0.3 is 5.97 Å². The molecule has 0 heterocycles. The molecule has 0 aliphatic heterocycles. The number of hydrogen-bond donors (Lipinski definition) is 9. The molecule has 1 aromatic rings. The number of amides is 7. The van der Waals surface area contributed by atoms with Gasteiger partial charge in [0.15, 0.2) is 0 Å². The average molecular weight is 952 g/mol. The number of nitrogens with zero attached hydrogens (tertiary/aromatic N) is 1. The van der Waals surface area contributed by atoms with Crippen molar-refractivity contribution in [3.63, 3.8) is 0 Å². The molecule has 10 N–H and O–H groups in total. The van der Waals surface area contributed by atoms with Crippen LogP contribution in [-0.2, 0) is 51.3 Å². The van der Waals surface area contributed by atoms with Crippen molar-refractivity contribution in [2.75, 3.05) is 51.2 Å². The fourth-order valence-corrected chi connectivity index (χ4v) is 7.51. The normalized spacial score (nSPS) is 14.0. The van der Waals surface area contributed by atoms with Gasteiger partial charge in [0.2, 0.25) is 41.4 Å². The molecule has 0 saturated heterocycles. The van der Waals surface area contributed by atoms with Crippen molar-refractivity contribution in [3.05, 3.63) is 35.4 Å². The number of thioether (sulfide) groups is 2. The Balaban J connectivity index is 2.97. The van der Waals surface area contributed by atoms with E-state index in [9.17, 15) is 43.5 Å². The third kappa shape index (κ3) is 24.6. The van der Waals surface area contributed by atoms with Crippen molar-refractivity contribution >= 4 is 70.8 Å². The highest BCUT2D eigenvalue weighted by molar-refractivity contribution is 7.98. The van der Waals surface area contributed by atoms with Gasteiger partial charge in [0.1, 0.15) is 30.2 Å². The molecule has 18 nitrogen and oxygen atoms in total. The maximum absolute atomic E-state index is 13.6. The van der Waals surface area contributed by atoms with Gasteiger partial charge < -0.3 is 53.0 Å². The van der Waals surface area contributed by atoms with Gasteiger partial charge in [0.05, 0.1) is 12.5 Å².